The monoisotopic (exact) mass is 328 g/mol. The van der Waals surface area contributed by atoms with Crippen LogP contribution in [0, 0.1) is 23.7 Å². The van der Waals surface area contributed by atoms with Gasteiger partial charge in [-0.25, -0.2) is 4.79 Å². The maximum Gasteiger partial charge on any atom is 0.337 e. The van der Waals surface area contributed by atoms with Crippen LogP contribution in [0.15, 0.2) is 24.3 Å². The first-order valence-corrected chi connectivity index (χ1v) is 8.37. The Morgan fingerprint density at radius 3 is 2.25 bits per heavy atom. The Kier molecular flexibility index (Phi) is 3.55. The number of likely N-dealkylation sites (tertiary alicyclic amines) is 1. The van der Waals surface area contributed by atoms with Gasteiger partial charge in [0.15, 0.2) is 0 Å². The lowest BCUT2D eigenvalue weighted by Crippen LogP contribution is -2.36. The number of carbonyl (C=O) groups is 3. The lowest BCUT2D eigenvalue weighted by molar-refractivity contribution is -0.140. The highest BCUT2D eigenvalue weighted by molar-refractivity contribution is 6.06. The quantitative estimate of drug-likeness (QED) is 0.674. The molecule has 1 aliphatic heterocycles. The van der Waals surface area contributed by atoms with Gasteiger partial charge in [-0.05, 0) is 55.4 Å². The number of hydrogen-bond acceptors (Lipinski definition) is 5. The van der Waals surface area contributed by atoms with Gasteiger partial charge in [-0.2, -0.15) is 0 Å². The number of esters is 1. The van der Waals surface area contributed by atoms with Crippen LogP contribution in [0.2, 0.25) is 0 Å². The summed E-state index contributed by atoms with van der Waals surface area (Å²) >= 11 is 0. The number of nitrogens with one attached hydrogen (secondary N) is 1. The van der Waals surface area contributed by atoms with Crippen molar-refractivity contribution < 1.29 is 19.1 Å². The molecule has 0 aromatic heterocycles. The average Bonchev–Trinajstić information content (AvgIpc) is 3.28. The van der Waals surface area contributed by atoms with E-state index in [-0.39, 0.29) is 30.3 Å². The zero-order valence-electron chi connectivity index (χ0n) is 13.5. The Balaban J connectivity index is 1.42. The number of hydrogen-bond donors (Lipinski definition) is 1. The maximum absolute atomic E-state index is 12.6. The molecule has 2 amide bonds. The molecule has 1 aromatic rings. The summed E-state index contributed by atoms with van der Waals surface area (Å²) in [4.78, 5) is 38.0. The van der Waals surface area contributed by atoms with Gasteiger partial charge in [-0.15, -0.1) is 0 Å². The fourth-order valence-electron chi connectivity index (χ4n) is 4.64. The SMILES string of the molecule is COC(=O)c1ccc(NCN2C(=O)[C@@H]3[C@H]4CC[C@@H](C4)[C@@H]3C2=O)cc1. The van der Waals surface area contributed by atoms with Gasteiger partial charge in [0.25, 0.3) is 0 Å². The highest BCUT2D eigenvalue weighted by Gasteiger charge is 2.60. The highest BCUT2D eigenvalue weighted by atomic mass is 16.5. The molecule has 1 heterocycles. The number of ether oxygens (including phenoxy) is 1. The topological polar surface area (TPSA) is 75.7 Å². The number of carbonyl (C=O) groups excluding carboxylic acids is 3. The number of fused-ring (bicyclic) bond motifs is 5. The van der Waals surface area contributed by atoms with Crippen molar-refractivity contribution >= 4 is 23.5 Å². The minimum absolute atomic E-state index is 0.0177. The molecule has 2 saturated carbocycles. The molecule has 6 heteroatoms. The third-order valence-electron chi connectivity index (χ3n) is 5.77. The number of imide groups is 1. The largest absolute Gasteiger partial charge is 0.465 e. The molecule has 1 saturated heterocycles. The number of amides is 2. The molecule has 24 heavy (non-hydrogen) atoms. The van der Waals surface area contributed by atoms with Gasteiger partial charge >= 0.3 is 5.97 Å². The number of anilines is 1. The third-order valence-corrected chi connectivity index (χ3v) is 5.77. The van der Waals surface area contributed by atoms with Crippen molar-refractivity contribution in [3.8, 4) is 0 Å². The normalized spacial score (nSPS) is 30.6. The van der Waals surface area contributed by atoms with Crippen molar-refractivity contribution in [3.63, 3.8) is 0 Å². The van der Waals surface area contributed by atoms with Gasteiger partial charge in [0.2, 0.25) is 11.8 Å². The molecule has 2 aliphatic carbocycles. The fourth-order valence-corrected chi connectivity index (χ4v) is 4.64. The Bertz CT molecular complexity index is 671. The van der Waals surface area contributed by atoms with Gasteiger partial charge < -0.3 is 10.1 Å². The van der Waals surface area contributed by atoms with E-state index < -0.39 is 5.97 Å². The van der Waals surface area contributed by atoms with E-state index in [1.165, 1.54) is 12.0 Å². The van der Waals surface area contributed by atoms with Crippen molar-refractivity contribution in [2.24, 2.45) is 23.7 Å². The molecular weight excluding hydrogens is 308 g/mol. The second kappa shape index (κ2) is 5.61. The van der Waals surface area contributed by atoms with E-state index >= 15 is 0 Å². The first-order valence-electron chi connectivity index (χ1n) is 8.37. The van der Waals surface area contributed by atoms with Crippen LogP contribution in [0.4, 0.5) is 5.69 Å². The summed E-state index contributed by atoms with van der Waals surface area (Å²) in [6.07, 6.45) is 3.21. The zero-order valence-corrected chi connectivity index (χ0v) is 13.5. The van der Waals surface area contributed by atoms with Crippen LogP contribution in [-0.2, 0) is 14.3 Å². The van der Waals surface area contributed by atoms with Crippen molar-refractivity contribution in [1.29, 1.82) is 0 Å². The van der Waals surface area contributed by atoms with Gasteiger partial charge in [0, 0.05) is 5.69 Å². The minimum atomic E-state index is -0.394. The molecule has 3 aliphatic rings. The van der Waals surface area contributed by atoms with Gasteiger partial charge in [-0.1, -0.05) is 0 Å². The van der Waals surface area contributed by atoms with Crippen LogP contribution in [-0.4, -0.2) is 36.5 Å². The van der Waals surface area contributed by atoms with Gasteiger partial charge in [0.05, 0.1) is 31.2 Å². The van der Waals surface area contributed by atoms with Gasteiger partial charge in [0.1, 0.15) is 0 Å². The smallest absolute Gasteiger partial charge is 0.337 e. The molecule has 1 aromatic carbocycles. The van der Waals surface area contributed by atoms with E-state index in [2.05, 4.69) is 10.1 Å². The minimum Gasteiger partial charge on any atom is -0.465 e. The number of nitrogens with zero attached hydrogens (tertiary/aromatic N) is 1. The van der Waals surface area contributed by atoms with Crippen LogP contribution in [0.3, 0.4) is 0 Å². The lowest BCUT2D eigenvalue weighted by atomic mass is 9.81. The second-order valence-electron chi connectivity index (χ2n) is 6.89. The summed E-state index contributed by atoms with van der Waals surface area (Å²) in [6.45, 7) is 0.182. The summed E-state index contributed by atoms with van der Waals surface area (Å²) in [5.41, 5.74) is 1.21. The molecule has 4 atom stereocenters. The fraction of sp³-hybridized carbons (Fsp3) is 0.500. The van der Waals surface area contributed by atoms with Crippen LogP contribution in [0.1, 0.15) is 29.6 Å². The maximum atomic E-state index is 12.6. The molecule has 0 radical (unpaired) electrons. The second-order valence-corrected chi connectivity index (χ2v) is 6.89. The zero-order chi connectivity index (χ0) is 16.8. The molecule has 126 valence electrons. The standard InChI is InChI=1S/C18H20N2O4/c1-24-18(23)10-4-6-13(7-5-10)19-9-20-16(21)14-11-2-3-12(8-11)15(14)17(20)22/h4-7,11-12,14-15,19H,2-3,8-9H2,1H3/t11-,12-,14-,15+/m0/s1. The number of methoxy groups -OCH3 is 1. The Morgan fingerprint density at radius 1 is 1.12 bits per heavy atom. The van der Waals surface area contributed by atoms with E-state index in [0.717, 1.165) is 24.9 Å². The van der Waals surface area contributed by atoms with Crippen molar-refractivity contribution in [1.82, 2.24) is 4.90 Å². The van der Waals surface area contributed by atoms with Crippen LogP contribution in [0.5, 0.6) is 0 Å². The summed E-state index contributed by atoms with van der Waals surface area (Å²) in [7, 11) is 1.34. The lowest BCUT2D eigenvalue weighted by Gasteiger charge is -2.19. The summed E-state index contributed by atoms with van der Waals surface area (Å²) in [5.74, 6) is 0.211. The molecule has 1 N–H and O–H groups in total. The predicted octanol–water partition coefficient (Wildman–Crippen LogP) is 1.87. The molecular formula is C18H20N2O4. The van der Waals surface area contributed by atoms with Crippen molar-refractivity contribution in [2.45, 2.75) is 19.3 Å². The highest BCUT2D eigenvalue weighted by Crippen LogP contribution is 2.55. The first kappa shape index (κ1) is 15.2. The molecule has 0 spiro atoms. The van der Waals surface area contributed by atoms with E-state index in [4.69, 9.17) is 0 Å². The van der Waals surface area contributed by atoms with Crippen LogP contribution >= 0.6 is 0 Å². The molecule has 3 fully saturated rings. The van der Waals surface area contributed by atoms with E-state index in [0.29, 0.717) is 17.4 Å². The number of benzene rings is 1. The van der Waals surface area contributed by atoms with E-state index in [9.17, 15) is 14.4 Å². The van der Waals surface area contributed by atoms with Crippen molar-refractivity contribution in [3.05, 3.63) is 29.8 Å². The average molecular weight is 328 g/mol. The van der Waals surface area contributed by atoms with Crippen LogP contribution < -0.4 is 5.32 Å². The summed E-state index contributed by atoms with van der Waals surface area (Å²) in [6, 6.07) is 6.77. The van der Waals surface area contributed by atoms with Gasteiger partial charge in [-0.3, -0.25) is 14.5 Å². The summed E-state index contributed by atoms with van der Waals surface area (Å²) < 4.78 is 4.66. The first-order chi connectivity index (χ1) is 11.6. The van der Waals surface area contributed by atoms with Crippen LogP contribution in [0.25, 0.3) is 0 Å². The Hall–Kier alpha value is -2.37. The Labute approximate surface area is 140 Å². The Morgan fingerprint density at radius 2 is 1.71 bits per heavy atom. The summed E-state index contributed by atoms with van der Waals surface area (Å²) in [5, 5.41) is 3.10. The molecule has 4 rings (SSSR count). The van der Waals surface area contributed by atoms with E-state index in [1.54, 1.807) is 24.3 Å². The molecule has 0 unspecified atom stereocenters. The molecule has 2 bridgehead atoms. The predicted molar refractivity (Wildman–Crippen MR) is 85.9 cm³/mol. The van der Waals surface area contributed by atoms with Crippen molar-refractivity contribution in [2.75, 3.05) is 19.1 Å². The molecule has 6 nitrogen and oxygen atoms in total. The third kappa shape index (κ3) is 2.20. The van der Waals surface area contributed by atoms with E-state index in [1.807, 2.05) is 0 Å². The number of rotatable bonds is 4.